The number of nitrogens with two attached hydrogens (primary N) is 1. The number of hydrogen-bond donors (Lipinski definition) is 1. The molecule has 0 saturated carbocycles. The molecule has 0 amide bonds. The molecule has 1 rings (SSSR count). The van der Waals surface area contributed by atoms with Gasteiger partial charge in [-0.3, -0.25) is 0 Å². The quantitative estimate of drug-likeness (QED) is 0.755. The van der Waals surface area contributed by atoms with Crippen molar-refractivity contribution in [2.24, 2.45) is 5.73 Å². The van der Waals surface area contributed by atoms with Gasteiger partial charge in [-0.15, -0.1) is 0 Å². The minimum Gasteiger partial charge on any atom is -0.488 e. The number of benzene rings is 1. The molecule has 90 valence electrons. The minimum absolute atomic E-state index is 0.00223. The van der Waals surface area contributed by atoms with E-state index in [1.54, 1.807) is 12.1 Å². The summed E-state index contributed by atoms with van der Waals surface area (Å²) in [7, 11) is 0. The molecule has 0 radical (unpaired) electrons. The fraction of sp³-hybridized carbons (Fsp3) is 0.538. The SMILES string of the molecule is CC(C)Oc1ccc(CCCCN)cc1F. The van der Waals surface area contributed by atoms with Gasteiger partial charge in [-0.25, -0.2) is 4.39 Å². The van der Waals surface area contributed by atoms with Gasteiger partial charge in [0.25, 0.3) is 0 Å². The first-order chi connectivity index (χ1) is 7.63. The molecule has 3 heteroatoms. The summed E-state index contributed by atoms with van der Waals surface area (Å²) in [6.45, 7) is 4.46. The highest BCUT2D eigenvalue weighted by molar-refractivity contribution is 5.29. The average Bonchev–Trinajstić information content (AvgIpc) is 2.22. The van der Waals surface area contributed by atoms with Gasteiger partial charge in [-0.2, -0.15) is 0 Å². The van der Waals surface area contributed by atoms with Crippen LogP contribution in [-0.4, -0.2) is 12.6 Å². The number of rotatable bonds is 6. The first kappa shape index (κ1) is 13.0. The van der Waals surface area contributed by atoms with Gasteiger partial charge in [0.05, 0.1) is 6.10 Å². The Morgan fingerprint density at radius 3 is 2.62 bits per heavy atom. The predicted octanol–water partition coefficient (Wildman–Crippen LogP) is 2.89. The maximum absolute atomic E-state index is 13.6. The summed E-state index contributed by atoms with van der Waals surface area (Å²) in [5, 5.41) is 0. The van der Waals surface area contributed by atoms with Crippen LogP contribution in [0.15, 0.2) is 18.2 Å². The minimum atomic E-state index is -0.279. The van der Waals surface area contributed by atoms with Gasteiger partial charge < -0.3 is 10.5 Å². The topological polar surface area (TPSA) is 35.2 Å². The van der Waals surface area contributed by atoms with Crippen molar-refractivity contribution in [1.29, 1.82) is 0 Å². The van der Waals surface area contributed by atoms with Gasteiger partial charge >= 0.3 is 0 Å². The number of unbranched alkanes of at least 4 members (excludes halogenated alkanes) is 1. The van der Waals surface area contributed by atoms with Gasteiger partial charge in [-0.05, 0) is 57.4 Å². The smallest absolute Gasteiger partial charge is 0.165 e. The fourth-order valence-corrected chi connectivity index (χ4v) is 1.52. The van der Waals surface area contributed by atoms with E-state index in [9.17, 15) is 4.39 Å². The molecule has 0 unspecified atom stereocenters. The summed E-state index contributed by atoms with van der Waals surface area (Å²) >= 11 is 0. The molecule has 0 spiro atoms. The Morgan fingerprint density at radius 2 is 2.06 bits per heavy atom. The molecule has 0 aromatic heterocycles. The zero-order valence-electron chi connectivity index (χ0n) is 10.0. The van der Waals surface area contributed by atoms with Crippen LogP contribution in [0.4, 0.5) is 4.39 Å². The molecular formula is C13H20FNO. The Labute approximate surface area is 96.6 Å². The van der Waals surface area contributed by atoms with Gasteiger partial charge in [0.15, 0.2) is 11.6 Å². The molecule has 0 heterocycles. The second kappa shape index (κ2) is 6.48. The summed E-state index contributed by atoms with van der Waals surface area (Å²) in [5.74, 6) is 0.0523. The molecule has 0 saturated heterocycles. The monoisotopic (exact) mass is 225 g/mol. The lowest BCUT2D eigenvalue weighted by Gasteiger charge is -2.11. The zero-order valence-corrected chi connectivity index (χ0v) is 10.0. The van der Waals surface area contributed by atoms with Crippen molar-refractivity contribution in [1.82, 2.24) is 0 Å². The molecule has 0 aliphatic heterocycles. The molecular weight excluding hydrogens is 205 g/mol. The van der Waals surface area contributed by atoms with E-state index in [4.69, 9.17) is 10.5 Å². The number of hydrogen-bond acceptors (Lipinski definition) is 2. The lowest BCUT2D eigenvalue weighted by atomic mass is 10.1. The molecule has 0 aliphatic carbocycles. The summed E-state index contributed by atoms with van der Waals surface area (Å²) in [5.41, 5.74) is 6.41. The van der Waals surface area contributed by atoms with Gasteiger partial charge in [0, 0.05) is 0 Å². The maximum Gasteiger partial charge on any atom is 0.165 e. The van der Waals surface area contributed by atoms with E-state index in [2.05, 4.69) is 0 Å². The molecule has 1 aromatic rings. The molecule has 2 nitrogen and oxygen atoms in total. The molecule has 0 atom stereocenters. The molecule has 0 aliphatic rings. The lowest BCUT2D eigenvalue weighted by molar-refractivity contribution is 0.231. The molecule has 1 aromatic carbocycles. The second-order valence-electron chi connectivity index (χ2n) is 4.18. The highest BCUT2D eigenvalue weighted by Gasteiger charge is 2.06. The Morgan fingerprint density at radius 1 is 1.31 bits per heavy atom. The number of halogens is 1. The first-order valence-corrected chi connectivity index (χ1v) is 5.78. The molecule has 16 heavy (non-hydrogen) atoms. The van der Waals surface area contributed by atoms with Crippen molar-refractivity contribution in [2.45, 2.75) is 39.2 Å². The van der Waals surface area contributed by atoms with Crippen LogP contribution in [0.25, 0.3) is 0 Å². The van der Waals surface area contributed by atoms with Crippen LogP contribution >= 0.6 is 0 Å². The second-order valence-corrected chi connectivity index (χ2v) is 4.18. The van der Waals surface area contributed by atoms with Crippen LogP contribution in [0.2, 0.25) is 0 Å². The highest BCUT2D eigenvalue weighted by Crippen LogP contribution is 2.20. The Bertz CT molecular complexity index is 326. The van der Waals surface area contributed by atoms with Crippen LogP contribution in [0.3, 0.4) is 0 Å². The summed E-state index contributed by atoms with van der Waals surface area (Å²) in [4.78, 5) is 0. The van der Waals surface area contributed by atoms with Crippen molar-refractivity contribution in [2.75, 3.05) is 6.54 Å². The van der Waals surface area contributed by atoms with Crippen LogP contribution in [-0.2, 0) is 6.42 Å². The van der Waals surface area contributed by atoms with Crippen LogP contribution in [0, 0.1) is 5.82 Å². The van der Waals surface area contributed by atoms with Crippen molar-refractivity contribution < 1.29 is 9.13 Å². The van der Waals surface area contributed by atoms with Crippen LogP contribution < -0.4 is 10.5 Å². The van der Waals surface area contributed by atoms with E-state index >= 15 is 0 Å². The van der Waals surface area contributed by atoms with E-state index in [1.165, 1.54) is 0 Å². The molecule has 2 N–H and O–H groups in total. The Kier molecular flexibility index (Phi) is 5.26. The van der Waals surface area contributed by atoms with E-state index in [-0.39, 0.29) is 11.9 Å². The summed E-state index contributed by atoms with van der Waals surface area (Å²) in [6.07, 6.45) is 2.85. The van der Waals surface area contributed by atoms with Crippen LogP contribution in [0.1, 0.15) is 32.3 Å². The van der Waals surface area contributed by atoms with Gasteiger partial charge in [0.1, 0.15) is 0 Å². The Hall–Kier alpha value is -1.09. The highest BCUT2D eigenvalue weighted by atomic mass is 19.1. The van der Waals surface area contributed by atoms with Crippen molar-refractivity contribution in [3.63, 3.8) is 0 Å². The van der Waals surface area contributed by atoms with E-state index in [0.29, 0.717) is 12.3 Å². The number of ether oxygens (including phenoxy) is 1. The maximum atomic E-state index is 13.6. The van der Waals surface area contributed by atoms with Crippen molar-refractivity contribution >= 4 is 0 Å². The number of aryl methyl sites for hydroxylation is 1. The third-order valence-electron chi connectivity index (χ3n) is 2.28. The first-order valence-electron chi connectivity index (χ1n) is 5.78. The largest absolute Gasteiger partial charge is 0.488 e. The summed E-state index contributed by atoms with van der Waals surface area (Å²) < 4.78 is 18.9. The van der Waals surface area contributed by atoms with Crippen LogP contribution in [0.5, 0.6) is 5.75 Å². The lowest BCUT2D eigenvalue weighted by Crippen LogP contribution is -2.07. The third-order valence-corrected chi connectivity index (χ3v) is 2.28. The van der Waals surface area contributed by atoms with Gasteiger partial charge in [-0.1, -0.05) is 6.07 Å². The average molecular weight is 225 g/mol. The zero-order chi connectivity index (χ0) is 12.0. The Balaban J connectivity index is 2.60. The van der Waals surface area contributed by atoms with Crippen molar-refractivity contribution in [3.05, 3.63) is 29.6 Å². The predicted molar refractivity (Wildman–Crippen MR) is 64.2 cm³/mol. The normalized spacial score (nSPS) is 10.8. The van der Waals surface area contributed by atoms with E-state index < -0.39 is 0 Å². The van der Waals surface area contributed by atoms with E-state index in [0.717, 1.165) is 24.8 Å². The third kappa shape index (κ3) is 4.19. The standard InChI is InChI=1S/C13H20FNO/c1-10(2)16-13-7-6-11(9-12(13)14)5-3-4-8-15/h6-7,9-10H,3-5,8,15H2,1-2H3. The summed E-state index contributed by atoms with van der Waals surface area (Å²) in [6, 6.07) is 5.17. The molecule has 0 fully saturated rings. The van der Waals surface area contributed by atoms with Gasteiger partial charge in [0.2, 0.25) is 0 Å². The fourth-order valence-electron chi connectivity index (χ4n) is 1.52. The van der Waals surface area contributed by atoms with E-state index in [1.807, 2.05) is 19.9 Å². The van der Waals surface area contributed by atoms with Crippen molar-refractivity contribution in [3.8, 4) is 5.75 Å². The molecule has 0 bridgehead atoms.